The summed E-state index contributed by atoms with van der Waals surface area (Å²) in [7, 11) is 0. The molecule has 0 saturated carbocycles. The normalized spacial score (nSPS) is 20.2. The highest BCUT2D eigenvalue weighted by molar-refractivity contribution is 6.35. The van der Waals surface area contributed by atoms with Gasteiger partial charge in [-0.3, -0.25) is 9.78 Å². The van der Waals surface area contributed by atoms with Crippen LogP contribution in [0.25, 0.3) is 11.0 Å². The molecule has 0 spiro atoms. The van der Waals surface area contributed by atoms with E-state index in [4.69, 9.17) is 11.6 Å². The quantitative estimate of drug-likeness (QED) is 0.729. The summed E-state index contributed by atoms with van der Waals surface area (Å²) in [5, 5.41) is 0.465. The molecule has 3 aromatic rings. The lowest BCUT2D eigenvalue weighted by Gasteiger charge is -2.35. The summed E-state index contributed by atoms with van der Waals surface area (Å²) in [6.07, 6.45) is 0.256. The molecule has 1 amide bonds. The number of carbonyl (C=O) groups excluding carboxylic acids is 1. The number of halogens is 2. The average molecular weight is 345 g/mol. The van der Waals surface area contributed by atoms with Crippen molar-refractivity contribution >= 4 is 28.5 Å². The first kappa shape index (κ1) is 15.1. The molecule has 5 nitrogen and oxygen atoms in total. The molecule has 7 heteroatoms. The van der Waals surface area contributed by atoms with E-state index in [2.05, 4.69) is 15.0 Å². The molecule has 2 aromatic heterocycles. The number of pyridine rings is 1. The molecule has 0 saturated heterocycles. The largest absolute Gasteiger partial charge is 0.334 e. The van der Waals surface area contributed by atoms with Gasteiger partial charge in [-0.05, 0) is 30.7 Å². The number of carbonyl (C=O) groups is 1. The van der Waals surface area contributed by atoms with Gasteiger partial charge in [0, 0.05) is 6.20 Å². The number of nitrogens with one attached hydrogen (secondary N) is 1. The van der Waals surface area contributed by atoms with Crippen LogP contribution in [0.3, 0.4) is 0 Å². The molecule has 24 heavy (non-hydrogen) atoms. The second kappa shape index (κ2) is 5.56. The SMILES string of the molecule is CC1c2cccnc2C(F)CN1C(=O)c1nc2c(Cl)cccc2[nH]1. The zero-order valence-electron chi connectivity index (χ0n) is 12.8. The van der Waals surface area contributed by atoms with Crippen molar-refractivity contribution in [2.75, 3.05) is 6.54 Å². The van der Waals surface area contributed by atoms with Crippen LogP contribution < -0.4 is 0 Å². The van der Waals surface area contributed by atoms with Gasteiger partial charge in [0.2, 0.25) is 0 Å². The molecule has 1 aromatic carbocycles. The lowest BCUT2D eigenvalue weighted by molar-refractivity contribution is 0.0574. The summed E-state index contributed by atoms with van der Waals surface area (Å²) in [5.41, 5.74) is 2.33. The van der Waals surface area contributed by atoms with Gasteiger partial charge in [0.05, 0.1) is 28.8 Å². The number of amides is 1. The number of benzene rings is 1. The number of aromatic nitrogens is 3. The van der Waals surface area contributed by atoms with Crippen molar-refractivity contribution in [1.29, 1.82) is 0 Å². The number of fused-ring (bicyclic) bond motifs is 2. The number of para-hydroxylation sites is 1. The van der Waals surface area contributed by atoms with Crippen molar-refractivity contribution in [3.8, 4) is 0 Å². The standard InChI is InChI=1S/C17H14ClFN4O/c1-9-10-4-3-7-20-14(10)12(19)8-23(9)17(24)16-21-13-6-2-5-11(18)15(13)22-16/h2-7,9,12H,8H2,1H3,(H,21,22). The first-order chi connectivity index (χ1) is 11.6. The summed E-state index contributed by atoms with van der Waals surface area (Å²) in [4.78, 5) is 25.7. The summed E-state index contributed by atoms with van der Waals surface area (Å²) in [5.74, 6) is -0.198. The Kier molecular flexibility index (Phi) is 3.49. The van der Waals surface area contributed by atoms with Crippen LogP contribution in [0.2, 0.25) is 5.02 Å². The van der Waals surface area contributed by atoms with Crippen molar-refractivity contribution in [2.45, 2.75) is 19.1 Å². The Hall–Kier alpha value is -2.47. The Morgan fingerprint density at radius 2 is 2.21 bits per heavy atom. The Balaban J connectivity index is 1.73. The molecule has 3 heterocycles. The number of rotatable bonds is 1. The molecule has 1 N–H and O–H groups in total. The van der Waals surface area contributed by atoms with Gasteiger partial charge in [-0.2, -0.15) is 0 Å². The van der Waals surface area contributed by atoms with Crippen LogP contribution in [0.4, 0.5) is 4.39 Å². The molecular formula is C17H14ClFN4O. The van der Waals surface area contributed by atoms with E-state index < -0.39 is 6.17 Å². The topological polar surface area (TPSA) is 61.9 Å². The van der Waals surface area contributed by atoms with Gasteiger partial charge in [-0.1, -0.05) is 23.7 Å². The van der Waals surface area contributed by atoms with Gasteiger partial charge in [0.15, 0.2) is 12.0 Å². The maximum atomic E-state index is 14.4. The fraction of sp³-hybridized carbons (Fsp3) is 0.235. The molecule has 122 valence electrons. The van der Waals surface area contributed by atoms with E-state index in [1.807, 2.05) is 6.92 Å². The Bertz CT molecular complexity index is 941. The molecule has 4 rings (SSSR count). The smallest absolute Gasteiger partial charge is 0.290 e. The lowest BCUT2D eigenvalue weighted by Crippen LogP contribution is -2.40. The van der Waals surface area contributed by atoms with Crippen LogP contribution in [0, 0.1) is 0 Å². The summed E-state index contributed by atoms with van der Waals surface area (Å²) < 4.78 is 14.4. The zero-order chi connectivity index (χ0) is 16.8. The van der Waals surface area contributed by atoms with E-state index in [0.29, 0.717) is 21.7 Å². The molecule has 0 aliphatic carbocycles. The highest BCUT2D eigenvalue weighted by Gasteiger charge is 2.35. The third-order valence-corrected chi connectivity index (χ3v) is 4.67. The fourth-order valence-electron chi connectivity index (χ4n) is 3.12. The summed E-state index contributed by atoms with van der Waals surface area (Å²) >= 11 is 6.10. The van der Waals surface area contributed by atoms with Crippen LogP contribution in [-0.2, 0) is 0 Å². The first-order valence-corrected chi connectivity index (χ1v) is 7.98. The fourth-order valence-corrected chi connectivity index (χ4v) is 3.34. The highest BCUT2D eigenvalue weighted by atomic mass is 35.5. The van der Waals surface area contributed by atoms with Crippen LogP contribution in [-0.4, -0.2) is 32.3 Å². The number of hydrogen-bond acceptors (Lipinski definition) is 3. The minimum Gasteiger partial charge on any atom is -0.334 e. The molecular weight excluding hydrogens is 331 g/mol. The highest BCUT2D eigenvalue weighted by Crippen LogP contribution is 2.35. The van der Waals surface area contributed by atoms with Crippen LogP contribution in [0.1, 0.15) is 41.0 Å². The number of hydrogen-bond donors (Lipinski definition) is 1. The number of H-pyrrole nitrogens is 1. The molecule has 2 unspecified atom stereocenters. The Morgan fingerprint density at radius 3 is 3.00 bits per heavy atom. The second-order valence-corrected chi connectivity index (χ2v) is 6.21. The van der Waals surface area contributed by atoms with E-state index in [1.165, 1.54) is 4.90 Å². The third-order valence-electron chi connectivity index (χ3n) is 4.37. The van der Waals surface area contributed by atoms with E-state index >= 15 is 0 Å². The number of aromatic amines is 1. The van der Waals surface area contributed by atoms with Gasteiger partial charge in [-0.25, -0.2) is 9.37 Å². The van der Waals surface area contributed by atoms with Gasteiger partial charge in [0.25, 0.3) is 5.91 Å². The van der Waals surface area contributed by atoms with Gasteiger partial charge in [0.1, 0.15) is 5.52 Å². The monoisotopic (exact) mass is 344 g/mol. The van der Waals surface area contributed by atoms with Gasteiger partial charge >= 0.3 is 0 Å². The van der Waals surface area contributed by atoms with Crippen LogP contribution >= 0.6 is 11.6 Å². The van der Waals surface area contributed by atoms with E-state index in [0.717, 1.165) is 5.56 Å². The lowest BCUT2D eigenvalue weighted by atomic mass is 9.97. The molecule has 1 aliphatic heterocycles. The predicted molar refractivity (Wildman–Crippen MR) is 88.6 cm³/mol. The van der Waals surface area contributed by atoms with Crippen molar-refractivity contribution in [1.82, 2.24) is 19.9 Å². The molecule has 2 atom stereocenters. The van der Waals surface area contributed by atoms with Crippen LogP contribution in [0.5, 0.6) is 0 Å². The minimum atomic E-state index is -1.31. The molecule has 1 aliphatic rings. The first-order valence-electron chi connectivity index (χ1n) is 7.60. The third kappa shape index (κ3) is 2.26. The summed E-state index contributed by atoms with van der Waals surface area (Å²) in [6.45, 7) is 1.81. The maximum Gasteiger partial charge on any atom is 0.290 e. The maximum absolute atomic E-state index is 14.4. The zero-order valence-corrected chi connectivity index (χ0v) is 13.6. The Labute approximate surface area is 142 Å². The van der Waals surface area contributed by atoms with E-state index in [1.54, 1.807) is 36.5 Å². The van der Waals surface area contributed by atoms with Crippen molar-refractivity contribution in [2.24, 2.45) is 0 Å². The predicted octanol–water partition coefficient (Wildman–Crippen LogP) is 3.84. The van der Waals surface area contributed by atoms with Crippen molar-refractivity contribution in [3.63, 3.8) is 0 Å². The van der Waals surface area contributed by atoms with Gasteiger partial charge in [-0.15, -0.1) is 0 Å². The Morgan fingerprint density at radius 1 is 1.38 bits per heavy atom. The molecule has 0 bridgehead atoms. The van der Waals surface area contributed by atoms with Crippen molar-refractivity contribution in [3.05, 3.63) is 58.6 Å². The summed E-state index contributed by atoms with van der Waals surface area (Å²) in [6, 6.07) is 8.55. The molecule has 0 fully saturated rings. The molecule has 0 radical (unpaired) electrons. The number of alkyl halides is 1. The second-order valence-electron chi connectivity index (χ2n) is 5.80. The average Bonchev–Trinajstić information content (AvgIpc) is 3.03. The van der Waals surface area contributed by atoms with E-state index in [9.17, 15) is 9.18 Å². The number of nitrogens with zero attached hydrogens (tertiary/aromatic N) is 3. The van der Waals surface area contributed by atoms with Crippen LogP contribution in [0.15, 0.2) is 36.5 Å². The minimum absolute atomic E-state index is 0.0468. The van der Waals surface area contributed by atoms with Gasteiger partial charge < -0.3 is 9.88 Å². The van der Waals surface area contributed by atoms with Crippen molar-refractivity contribution < 1.29 is 9.18 Å². The number of imidazole rings is 1. The van der Waals surface area contributed by atoms with E-state index in [-0.39, 0.29) is 24.3 Å².